The highest BCUT2D eigenvalue weighted by atomic mass is 127. The van der Waals surface area contributed by atoms with Gasteiger partial charge in [0.15, 0.2) is 5.96 Å². The summed E-state index contributed by atoms with van der Waals surface area (Å²) >= 11 is 0. The van der Waals surface area contributed by atoms with Crippen LogP contribution in [0, 0.1) is 5.82 Å². The molecule has 1 heterocycles. The maximum absolute atomic E-state index is 13.0. The highest BCUT2D eigenvalue weighted by Crippen LogP contribution is 2.24. The Hall–Kier alpha value is -2.42. The van der Waals surface area contributed by atoms with E-state index in [1.54, 1.807) is 16.8 Å². The van der Waals surface area contributed by atoms with E-state index in [1.807, 2.05) is 12.3 Å². The number of hydrogen-bond donors (Lipinski definition) is 2. The van der Waals surface area contributed by atoms with Crippen molar-refractivity contribution >= 4 is 35.6 Å². The Morgan fingerprint density at radius 2 is 1.89 bits per heavy atom. The minimum absolute atomic E-state index is 0. The lowest BCUT2D eigenvalue weighted by molar-refractivity contribution is 0.627. The molecule has 7 heteroatoms. The van der Waals surface area contributed by atoms with Gasteiger partial charge in [0.25, 0.3) is 0 Å². The molecule has 1 aromatic heterocycles. The first-order valence-corrected chi connectivity index (χ1v) is 9.16. The van der Waals surface area contributed by atoms with Crippen LogP contribution in [0.1, 0.15) is 23.2 Å². The van der Waals surface area contributed by atoms with Crippen molar-refractivity contribution in [3.63, 3.8) is 0 Å². The van der Waals surface area contributed by atoms with Gasteiger partial charge in [0.2, 0.25) is 0 Å². The zero-order valence-electron chi connectivity index (χ0n) is 15.4. The van der Waals surface area contributed by atoms with E-state index in [9.17, 15) is 4.39 Å². The molecule has 0 aliphatic heterocycles. The minimum Gasteiger partial charge on any atom is -0.370 e. The lowest BCUT2D eigenvalue weighted by Crippen LogP contribution is -2.23. The Bertz CT molecular complexity index is 965. The Kier molecular flexibility index (Phi) is 6.66. The molecule has 0 unspecified atom stereocenters. The molecule has 0 amide bonds. The predicted octanol–water partition coefficient (Wildman–Crippen LogP) is 4.09. The van der Waals surface area contributed by atoms with Crippen molar-refractivity contribution in [2.45, 2.75) is 25.7 Å². The summed E-state index contributed by atoms with van der Waals surface area (Å²) < 4.78 is 14.7. The summed E-state index contributed by atoms with van der Waals surface area (Å²) in [5, 5.41) is 7.65. The van der Waals surface area contributed by atoms with Gasteiger partial charge in [-0.3, -0.25) is 4.99 Å². The van der Waals surface area contributed by atoms with E-state index in [0.29, 0.717) is 18.9 Å². The summed E-state index contributed by atoms with van der Waals surface area (Å²) in [6, 6.07) is 14.6. The number of nitrogens with two attached hydrogens (primary N) is 1. The summed E-state index contributed by atoms with van der Waals surface area (Å²) in [7, 11) is 0. The van der Waals surface area contributed by atoms with Crippen LogP contribution in [-0.2, 0) is 19.3 Å². The Morgan fingerprint density at radius 1 is 1.11 bits per heavy atom. The largest absolute Gasteiger partial charge is 0.370 e. The second-order valence-corrected chi connectivity index (χ2v) is 6.71. The van der Waals surface area contributed by atoms with Crippen LogP contribution >= 0.6 is 24.0 Å². The highest BCUT2D eigenvalue weighted by Gasteiger charge is 2.10. The molecule has 3 aromatic rings. The van der Waals surface area contributed by atoms with E-state index in [0.717, 1.165) is 23.5 Å². The number of benzene rings is 2. The zero-order chi connectivity index (χ0) is 18.6. The number of hydrogen-bond acceptors (Lipinski definition) is 2. The number of nitrogens with one attached hydrogen (secondary N) is 1. The van der Waals surface area contributed by atoms with E-state index in [2.05, 4.69) is 33.6 Å². The molecule has 5 nitrogen and oxygen atoms in total. The van der Waals surface area contributed by atoms with Crippen LogP contribution < -0.4 is 11.1 Å². The number of fused-ring (bicyclic) bond motifs is 1. The molecular formula is C21H23FIN5. The summed E-state index contributed by atoms with van der Waals surface area (Å²) in [6.07, 6.45) is 6.08. The zero-order valence-corrected chi connectivity index (χ0v) is 17.8. The lowest BCUT2D eigenvalue weighted by Gasteiger charge is -2.07. The summed E-state index contributed by atoms with van der Waals surface area (Å²) in [5.74, 6) is 0.151. The van der Waals surface area contributed by atoms with Crippen molar-refractivity contribution in [3.05, 3.63) is 77.4 Å². The molecule has 1 aliphatic rings. The standard InChI is InChI=1S/C21H22FN5.HI/c22-17-5-8-20(9-6-17)27-13-11-18(26-27)10-12-24-21(23)25-19-7-4-15-2-1-3-16(15)14-19;/h4-9,11,13-14H,1-3,10,12H2,(H3,23,24,25);1H. The van der Waals surface area contributed by atoms with E-state index in [4.69, 9.17) is 5.73 Å². The van der Waals surface area contributed by atoms with Gasteiger partial charge in [0.05, 0.1) is 11.4 Å². The maximum Gasteiger partial charge on any atom is 0.193 e. The van der Waals surface area contributed by atoms with Crippen LogP contribution in [-0.4, -0.2) is 22.3 Å². The Labute approximate surface area is 180 Å². The van der Waals surface area contributed by atoms with Crippen LogP contribution in [0.15, 0.2) is 59.7 Å². The van der Waals surface area contributed by atoms with Crippen molar-refractivity contribution in [3.8, 4) is 5.69 Å². The molecule has 0 saturated carbocycles. The molecular weight excluding hydrogens is 468 g/mol. The molecule has 0 fully saturated rings. The lowest BCUT2D eigenvalue weighted by atomic mass is 10.1. The third-order valence-corrected chi connectivity index (χ3v) is 4.76. The van der Waals surface area contributed by atoms with E-state index in [-0.39, 0.29) is 29.8 Å². The van der Waals surface area contributed by atoms with E-state index >= 15 is 0 Å². The topological polar surface area (TPSA) is 68.2 Å². The average molecular weight is 491 g/mol. The summed E-state index contributed by atoms with van der Waals surface area (Å²) in [5.41, 5.74) is 11.6. The third-order valence-electron chi connectivity index (χ3n) is 4.76. The molecule has 2 aromatic carbocycles. The van der Waals surface area contributed by atoms with Gasteiger partial charge < -0.3 is 11.1 Å². The van der Waals surface area contributed by atoms with Crippen molar-refractivity contribution in [1.29, 1.82) is 0 Å². The van der Waals surface area contributed by atoms with Crippen molar-refractivity contribution < 1.29 is 4.39 Å². The number of halogens is 2. The quantitative estimate of drug-likeness (QED) is 0.321. The van der Waals surface area contributed by atoms with Gasteiger partial charge in [-0.2, -0.15) is 5.10 Å². The molecule has 3 N–H and O–H groups in total. The predicted molar refractivity (Wildman–Crippen MR) is 121 cm³/mol. The van der Waals surface area contributed by atoms with Gasteiger partial charge in [0, 0.05) is 24.8 Å². The van der Waals surface area contributed by atoms with Gasteiger partial charge >= 0.3 is 0 Å². The van der Waals surface area contributed by atoms with Gasteiger partial charge in [-0.1, -0.05) is 6.07 Å². The molecule has 0 saturated heterocycles. The SMILES string of the molecule is I.NC(=NCCc1ccn(-c2ccc(F)cc2)n1)Nc1ccc2c(c1)CCC2. The van der Waals surface area contributed by atoms with Gasteiger partial charge in [-0.15, -0.1) is 24.0 Å². The van der Waals surface area contributed by atoms with Crippen LogP contribution in [0.4, 0.5) is 10.1 Å². The minimum atomic E-state index is -0.258. The first-order chi connectivity index (χ1) is 13.2. The monoisotopic (exact) mass is 491 g/mol. The third kappa shape index (κ3) is 4.89. The number of rotatable bonds is 5. The number of aromatic nitrogens is 2. The maximum atomic E-state index is 13.0. The first kappa shape index (κ1) is 20.3. The average Bonchev–Trinajstić information content (AvgIpc) is 3.31. The van der Waals surface area contributed by atoms with Crippen molar-refractivity contribution in [1.82, 2.24) is 9.78 Å². The van der Waals surface area contributed by atoms with E-state index in [1.165, 1.54) is 36.1 Å². The summed E-state index contributed by atoms with van der Waals surface area (Å²) in [4.78, 5) is 4.39. The molecule has 0 spiro atoms. The fourth-order valence-corrected chi connectivity index (χ4v) is 3.36. The number of nitrogens with zero attached hydrogens (tertiary/aromatic N) is 3. The van der Waals surface area contributed by atoms with Crippen LogP contribution in [0.2, 0.25) is 0 Å². The van der Waals surface area contributed by atoms with Gasteiger partial charge in [-0.25, -0.2) is 9.07 Å². The fourth-order valence-electron chi connectivity index (χ4n) is 3.36. The van der Waals surface area contributed by atoms with Crippen LogP contribution in [0.5, 0.6) is 0 Å². The van der Waals surface area contributed by atoms with E-state index < -0.39 is 0 Å². The molecule has 4 rings (SSSR count). The second-order valence-electron chi connectivity index (χ2n) is 6.71. The normalized spacial score (nSPS) is 13.1. The second kappa shape index (κ2) is 9.18. The van der Waals surface area contributed by atoms with Gasteiger partial charge in [0.1, 0.15) is 5.82 Å². The fraction of sp³-hybridized carbons (Fsp3) is 0.238. The molecule has 0 radical (unpaired) electrons. The molecule has 0 bridgehead atoms. The molecule has 28 heavy (non-hydrogen) atoms. The van der Waals surface area contributed by atoms with Gasteiger partial charge in [-0.05, 0) is 72.9 Å². The van der Waals surface area contributed by atoms with Crippen molar-refractivity contribution in [2.75, 3.05) is 11.9 Å². The summed E-state index contributed by atoms with van der Waals surface area (Å²) in [6.45, 7) is 0.546. The molecule has 0 atom stereocenters. The highest BCUT2D eigenvalue weighted by molar-refractivity contribution is 14.0. The Morgan fingerprint density at radius 3 is 2.71 bits per heavy atom. The smallest absolute Gasteiger partial charge is 0.193 e. The number of aliphatic imine (C=N–C) groups is 1. The van der Waals surface area contributed by atoms with Crippen molar-refractivity contribution in [2.24, 2.45) is 10.7 Å². The number of aryl methyl sites for hydroxylation is 2. The number of guanidine groups is 1. The first-order valence-electron chi connectivity index (χ1n) is 9.16. The molecule has 146 valence electrons. The van der Waals surface area contributed by atoms with Crippen LogP contribution in [0.25, 0.3) is 5.69 Å². The number of anilines is 1. The van der Waals surface area contributed by atoms with Crippen LogP contribution in [0.3, 0.4) is 0 Å². The molecule has 1 aliphatic carbocycles. The Balaban J connectivity index is 0.00000225.